The highest BCUT2D eigenvalue weighted by atomic mass is 32.2. The van der Waals surface area contributed by atoms with Gasteiger partial charge in [-0.05, 0) is 42.3 Å². The molecule has 25 heavy (non-hydrogen) atoms. The largest absolute Gasteiger partial charge is 0.349 e. The fourth-order valence-electron chi connectivity index (χ4n) is 2.33. The maximum Gasteiger partial charge on any atom is 0.231 e. The van der Waals surface area contributed by atoms with E-state index in [1.54, 1.807) is 36.4 Å². The van der Waals surface area contributed by atoms with Crippen LogP contribution in [-0.2, 0) is 21.2 Å². The van der Waals surface area contributed by atoms with E-state index in [9.17, 15) is 17.6 Å². The smallest absolute Gasteiger partial charge is 0.231 e. The molecule has 0 spiro atoms. The van der Waals surface area contributed by atoms with Crippen LogP contribution < -0.4 is 9.62 Å². The molecule has 1 atom stereocenters. The van der Waals surface area contributed by atoms with Crippen molar-refractivity contribution in [3.63, 3.8) is 0 Å². The molecule has 0 aliphatic carbocycles. The van der Waals surface area contributed by atoms with Crippen molar-refractivity contribution in [3.8, 4) is 0 Å². The molecule has 0 fully saturated rings. The highest BCUT2D eigenvalue weighted by Gasteiger charge is 2.13. The van der Waals surface area contributed by atoms with E-state index in [4.69, 9.17) is 0 Å². The molecule has 0 aliphatic rings. The van der Waals surface area contributed by atoms with Crippen molar-refractivity contribution >= 4 is 21.6 Å². The number of carbonyl (C=O) groups excluding carboxylic acids is 1. The van der Waals surface area contributed by atoms with E-state index in [0.29, 0.717) is 5.69 Å². The van der Waals surface area contributed by atoms with Gasteiger partial charge in [-0.3, -0.25) is 9.10 Å². The Morgan fingerprint density at radius 1 is 1.12 bits per heavy atom. The molecule has 0 radical (unpaired) electrons. The number of nitrogens with one attached hydrogen (secondary N) is 1. The van der Waals surface area contributed by atoms with Crippen molar-refractivity contribution in [2.45, 2.75) is 19.4 Å². The van der Waals surface area contributed by atoms with E-state index in [1.165, 1.54) is 23.5 Å². The number of carbonyl (C=O) groups is 1. The first-order valence-corrected chi connectivity index (χ1v) is 9.59. The van der Waals surface area contributed by atoms with Crippen molar-refractivity contribution in [2.75, 3.05) is 17.6 Å². The zero-order chi connectivity index (χ0) is 18.6. The lowest BCUT2D eigenvalue weighted by Crippen LogP contribution is -2.28. The number of sulfonamides is 1. The lowest BCUT2D eigenvalue weighted by Gasteiger charge is -2.17. The molecule has 2 rings (SSSR count). The zero-order valence-electron chi connectivity index (χ0n) is 14.4. The van der Waals surface area contributed by atoms with Crippen LogP contribution in [0.25, 0.3) is 0 Å². The first kappa shape index (κ1) is 18.9. The fraction of sp³-hybridized carbons (Fsp3) is 0.278. The Balaban J connectivity index is 1.97. The van der Waals surface area contributed by atoms with Gasteiger partial charge in [-0.15, -0.1) is 0 Å². The van der Waals surface area contributed by atoms with Gasteiger partial charge < -0.3 is 5.32 Å². The normalized spacial score (nSPS) is 12.5. The molecule has 0 saturated heterocycles. The van der Waals surface area contributed by atoms with Crippen molar-refractivity contribution in [1.82, 2.24) is 5.32 Å². The Morgan fingerprint density at radius 3 is 2.20 bits per heavy atom. The average Bonchev–Trinajstić information content (AvgIpc) is 2.54. The second kappa shape index (κ2) is 7.65. The molecule has 0 aromatic heterocycles. The molecular weight excluding hydrogens is 343 g/mol. The second-order valence-electron chi connectivity index (χ2n) is 5.91. The predicted molar refractivity (Wildman–Crippen MR) is 96.4 cm³/mol. The van der Waals surface area contributed by atoms with Crippen LogP contribution in [0.3, 0.4) is 0 Å². The second-order valence-corrected chi connectivity index (χ2v) is 7.93. The van der Waals surface area contributed by atoms with Gasteiger partial charge >= 0.3 is 0 Å². The summed E-state index contributed by atoms with van der Waals surface area (Å²) in [5.41, 5.74) is 2.13. The third-order valence-corrected chi connectivity index (χ3v) is 5.12. The first-order chi connectivity index (χ1) is 11.7. The molecule has 5 nitrogen and oxygen atoms in total. The summed E-state index contributed by atoms with van der Waals surface area (Å²) in [6.45, 7) is 1.83. The van der Waals surface area contributed by atoms with Crippen molar-refractivity contribution in [3.05, 3.63) is 65.5 Å². The number of hydrogen-bond donors (Lipinski definition) is 1. The van der Waals surface area contributed by atoms with Gasteiger partial charge in [0.2, 0.25) is 15.9 Å². The monoisotopic (exact) mass is 364 g/mol. The van der Waals surface area contributed by atoms with Crippen LogP contribution in [0, 0.1) is 5.82 Å². The van der Waals surface area contributed by atoms with Gasteiger partial charge in [0.05, 0.1) is 24.4 Å². The molecule has 0 bridgehead atoms. The fourth-order valence-corrected chi connectivity index (χ4v) is 2.83. The number of hydrogen-bond acceptors (Lipinski definition) is 3. The third-order valence-electron chi connectivity index (χ3n) is 3.91. The van der Waals surface area contributed by atoms with Crippen molar-refractivity contribution in [1.29, 1.82) is 0 Å². The molecule has 2 aromatic rings. The SMILES string of the molecule is C[C@@H](NC(=O)Cc1ccc(N(C)S(C)(=O)=O)cc1)c1ccc(F)cc1. The molecule has 2 aromatic carbocycles. The van der Waals surface area contributed by atoms with Gasteiger partial charge in [0.25, 0.3) is 0 Å². The molecule has 0 aliphatic heterocycles. The highest BCUT2D eigenvalue weighted by Crippen LogP contribution is 2.17. The zero-order valence-corrected chi connectivity index (χ0v) is 15.2. The Bertz CT molecular complexity index is 834. The van der Waals surface area contributed by atoms with Crippen LogP contribution >= 0.6 is 0 Å². The molecule has 1 amide bonds. The lowest BCUT2D eigenvalue weighted by atomic mass is 10.1. The Morgan fingerprint density at radius 2 is 1.68 bits per heavy atom. The van der Waals surface area contributed by atoms with E-state index >= 15 is 0 Å². The summed E-state index contributed by atoms with van der Waals surface area (Å²) < 4.78 is 37.1. The maximum absolute atomic E-state index is 12.9. The Labute approximate surface area is 147 Å². The molecule has 1 N–H and O–H groups in total. The van der Waals surface area contributed by atoms with Crippen LogP contribution in [0.4, 0.5) is 10.1 Å². The number of nitrogens with zero attached hydrogens (tertiary/aromatic N) is 1. The molecule has 0 heterocycles. The van der Waals surface area contributed by atoms with E-state index < -0.39 is 10.0 Å². The Hall–Kier alpha value is -2.41. The highest BCUT2D eigenvalue weighted by molar-refractivity contribution is 7.92. The lowest BCUT2D eigenvalue weighted by molar-refractivity contribution is -0.121. The molecule has 7 heteroatoms. The summed E-state index contributed by atoms with van der Waals surface area (Å²) >= 11 is 0. The maximum atomic E-state index is 12.9. The number of benzene rings is 2. The van der Waals surface area contributed by atoms with Crippen LogP contribution in [-0.4, -0.2) is 27.6 Å². The van der Waals surface area contributed by atoms with E-state index in [2.05, 4.69) is 5.32 Å². The summed E-state index contributed by atoms with van der Waals surface area (Å²) in [7, 11) is -1.84. The van der Waals surface area contributed by atoms with E-state index in [-0.39, 0.29) is 24.2 Å². The third kappa shape index (κ3) is 5.29. The summed E-state index contributed by atoms with van der Waals surface area (Å²) in [5, 5.41) is 2.86. The molecule has 0 saturated carbocycles. The minimum atomic E-state index is -3.31. The first-order valence-electron chi connectivity index (χ1n) is 7.74. The van der Waals surface area contributed by atoms with E-state index in [1.807, 2.05) is 6.92 Å². The van der Waals surface area contributed by atoms with Crippen molar-refractivity contribution in [2.24, 2.45) is 0 Å². The van der Waals surface area contributed by atoms with Gasteiger partial charge in [0.1, 0.15) is 5.82 Å². The molecule has 0 unspecified atom stereocenters. The standard InChI is InChI=1S/C18H21FN2O3S/c1-13(15-6-8-16(19)9-7-15)20-18(22)12-14-4-10-17(11-5-14)21(2)25(3,23)24/h4-11,13H,12H2,1-3H3,(H,20,22)/t13-/m1/s1. The minimum absolute atomic E-state index is 0.166. The van der Waals surface area contributed by atoms with Crippen molar-refractivity contribution < 1.29 is 17.6 Å². The van der Waals surface area contributed by atoms with Crippen LogP contribution in [0.15, 0.2) is 48.5 Å². The van der Waals surface area contributed by atoms with Gasteiger partial charge in [0, 0.05) is 7.05 Å². The Kier molecular flexibility index (Phi) is 5.79. The number of rotatable bonds is 6. The summed E-state index contributed by atoms with van der Waals surface area (Å²) in [6.07, 6.45) is 1.31. The number of anilines is 1. The van der Waals surface area contributed by atoms with Crippen LogP contribution in [0.1, 0.15) is 24.1 Å². The molecular formula is C18H21FN2O3S. The summed E-state index contributed by atoms with van der Waals surface area (Å²) in [5.74, 6) is -0.484. The number of halogens is 1. The predicted octanol–water partition coefficient (Wildman–Crippen LogP) is 2.64. The summed E-state index contributed by atoms with van der Waals surface area (Å²) in [4.78, 5) is 12.1. The molecule has 134 valence electrons. The van der Waals surface area contributed by atoms with Crippen LogP contribution in [0.2, 0.25) is 0 Å². The van der Waals surface area contributed by atoms with Gasteiger partial charge in [-0.1, -0.05) is 24.3 Å². The van der Waals surface area contributed by atoms with Crippen LogP contribution in [0.5, 0.6) is 0 Å². The topological polar surface area (TPSA) is 66.5 Å². The average molecular weight is 364 g/mol. The van der Waals surface area contributed by atoms with Gasteiger partial charge in [0.15, 0.2) is 0 Å². The minimum Gasteiger partial charge on any atom is -0.349 e. The quantitative estimate of drug-likeness (QED) is 0.857. The van der Waals surface area contributed by atoms with E-state index in [0.717, 1.165) is 17.4 Å². The van der Waals surface area contributed by atoms with Gasteiger partial charge in [-0.2, -0.15) is 0 Å². The number of amides is 1. The van der Waals surface area contributed by atoms with Gasteiger partial charge in [-0.25, -0.2) is 12.8 Å². The summed E-state index contributed by atoms with van der Waals surface area (Å²) in [6, 6.07) is 12.5.